The Bertz CT molecular complexity index is 929. The van der Waals surface area contributed by atoms with Crippen molar-refractivity contribution in [1.82, 2.24) is 19.9 Å². The van der Waals surface area contributed by atoms with Crippen LogP contribution in [0, 0.1) is 6.92 Å². The Kier molecular flexibility index (Phi) is 4.79. The summed E-state index contributed by atoms with van der Waals surface area (Å²) in [6.45, 7) is 4.46. The molecular formula is C19H20N4O2. The van der Waals surface area contributed by atoms with Gasteiger partial charge in [0.1, 0.15) is 5.56 Å². The van der Waals surface area contributed by atoms with Crippen molar-refractivity contribution in [1.29, 1.82) is 0 Å². The number of hydrogen-bond donors (Lipinski definition) is 2. The van der Waals surface area contributed by atoms with E-state index in [0.29, 0.717) is 12.2 Å². The van der Waals surface area contributed by atoms with Gasteiger partial charge >= 0.3 is 0 Å². The summed E-state index contributed by atoms with van der Waals surface area (Å²) in [7, 11) is 0. The lowest BCUT2D eigenvalue weighted by molar-refractivity contribution is 0.0935. The van der Waals surface area contributed by atoms with Crippen LogP contribution in [0.15, 0.2) is 59.9 Å². The monoisotopic (exact) mass is 336 g/mol. The number of aryl methyl sites for hydroxylation is 1. The molecule has 2 heterocycles. The molecule has 0 saturated carbocycles. The maximum absolute atomic E-state index is 12.4. The number of amides is 1. The van der Waals surface area contributed by atoms with E-state index in [2.05, 4.69) is 15.3 Å². The maximum Gasteiger partial charge on any atom is 0.261 e. The van der Waals surface area contributed by atoms with E-state index in [0.717, 1.165) is 11.1 Å². The molecule has 2 aromatic heterocycles. The van der Waals surface area contributed by atoms with Gasteiger partial charge in [0.25, 0.3) is 11.5 Å². The fourth-order valence-electron chi connectivity index (χ4n) is 2.69. The van der Waals surface area contributed by atoms with Crippen LogP contribution in [0.2, 0.25) is 0 Å². The van der Waals surface area contributed by atoms with Crippen LogP contribution in [0.1, 0.15) is 22.8 Å². The Morgan fingerprint density at radius 3 is 2.84 bits per heavy atom. The average molecular weight is 336 g/mol. The number of hydrogen-bond acceptors (Lipinski definition) is 3. The first-order chi connectivity index (χ1) is 12.0. The number of benzene rings is 1. The van der Waals surface area contributed by atoms with Crippen molar-refractivity contribution in [3.8, 4) is 11.3 Å². The Morgan fingerprint density at radius 1 is 1.32 bits per heavy atom. The van der Waals surface area contributed by atoms with Gasteiger partial charge in [-0.05, 0) is 37.6 Å². The van der Waals surface area contributed by atoms with E-state index < -0.39 is 5.56 Å². The van der Waals surface area contributed by atoms with Crippen LogP contribution in [0.3, 0.4) is 0 Å². The van der Waals surface area contributed by atoms with Crippen molar-refractivity contribution in [3.63, 3.8) is 0 Å². The van der Waals surface area contributed by atoms with Gasteiger partial charge < -0.3 is 14.9 Å². The van der Waals surface area contributed by atoms with E-state index in [1.165, 1.54) is 0 Å². The lowest BCUT2D eigenvalue weighted by Crippen LogP contribution is -2.38. The summed E-state index contributed by atoms with van der Waals surface area (Å²) in [5.41, 5.74) is 2.42. The fraction of sp³-hybridized carbons (Fsp3) is 0.211. The van der Waals surface area contributed by atoms with E-state index >= 15 is 0 Å². The molecule has 2 N–H and O–H groups in total. The highest BCUT2D eigenvalue weighted by molar-refractivity contribution is 5.94. The second-order valence-corrected chi connectivity index (χ2v) is 6.12. The van der Waals surface area contributed by atoms with E-state index in [-0.39, 0.29) is 17.5 Å². The van der Waals surface area contributed by atoms with Gasteiger partial charge in [-0.3, -0.25) is 9.59 Å². The second kappa shape index (κ2) is 7.17. The van der Waals surface area contributed by atoms with Crippen LogP contribution in [-0.2, 0) is 6.54 Å². The minimum atomic E-state index is -0.397. The zero-order valence-electron chi connectivity index (χ0n) is 14.2. The van der Waals surface area contributed by atoms with Gasteiger partial charge in [-0.1, -0.05) is 23.8 Å². The number of rotatable bonds is 5. The summed E-state index contributed by atoms with van der Waals surface area (Å²) >= 11 is 0. The van der Waals surface area contributed by atoms with E-state index in [1.54, 1.807) is 24.7 Å². The normalized spacial score (nSPS) is 11.9. The minimum Gasteiger partial charge on any atom is -0.348 e. The van der Waals surface area contributed by atoms with Gasteiger partial charge in [-0.2, -0.15) is 0 Å². The van der Waals surface area contributed by atoms with Crippen molar-refractivity contribution >= 4 is 5.91 Å². The molecule has 6 nitrogen and oxygen atoms in total. The first kappa shape index (κ1) is 16.7. The SMILES string of the molecule is Cc1cccc(-c2ccc(C(=O)N[C@H](C)Cn3ccnc3)c(=O)[nH]2)c1. The molecule has 128 valence electrons. The molecule has 3 aromatic rings. The third-order valence-electron chi connectivity index (χ3n) is 3.90. The summed E-state index contributed by atoms with van der Waals surface area (Å²) in [5, 5.41) is 2.84. The molecule has 0 spiro atoms. The number of H-pyrrole nitrogens is 1. The van der Waals surface area contributed by atoms with E-state index in [9.17, 15) is 9.59 Å². The molecule has 0 unspecified atom stereocenters. The molecule has 1 aromatic carbocycles. The number of carbonyl (C=O) groups is 1. The lowest BCUT2D eigenvalue weighted by atomic mass is 10.1. The summed E-state index contributed by atoms with van der Waals surface area (Å²) in [6, 6.07) is 11.0. The Hall–Kier alpha value is -3.15. The number of pyridine rings is 1. The summed E-state index contributed by atoms with van der Waals surface area (Å²) in [5.74, 6) is -0.385. The Morgan fingerprint density at radius 2 is 2.16 bits per heavy atom. The zero-order chi connectivity index (χ0) is 17.8. The highest BCUT2D eigenvalue weighted by Crippen LogP contribution is 2.16. The minimum absolute atomic E-state index is 0.105. The quantitative estimate of drug-likeness (QED) is 0.751. The van der Waals surface area contributed by atoms with Crippen LogP contribution >= 0.6 is 0 Å². The molecule has 1 amide bonds. The molecule has 1 atom stereocenters. The highest BCUT2D eigenvalue weighted by Gasteiger charge is 2.14. The van der Waals surface area contributed by atoms with Crippen LogP contribution in [0.4, 0.5) is 0 Å². The van der Waals surface area contributed by atoms with Gasteiger partial charge in [0.15, 0.2) is 0 Å². The van der Waals surface area contributed by atoms with Crippen molar-refractivity contribution in [2.75, 3.05) is 0 Å². The maximum atomic E-state index is 12.4. The number of carbonyl (C=O) groups excluding carboxylic acids is 1. The molecule has 0 radical (unpaired) electrons. The standard InChI is InChI=1S/C19H20N4O2/c1-13-4-3-5-15(10-13)17-7-6-16(19(25)22-17)18(24)21-14(2)11-23-9-8-20-12-23/h3-10,12,14H,11H2,1-2H3,(H,21,24)(H,22,25)/t14-/m1/s1. The molecule has 3 rings (SSSR count). The molecule has 0 fully saturated rings. The number of aromatic amines is 1. The van der Waals surface area contributed by atoms with Gasteiger partial charge in [0.05, 0.1) is 6.33 Å². The average Bonchev–Trinajstić information content (AvgIpc) is 3.07. The number of nitrogens with one attached hydrogen (secondary N) is 2. The highest BCUT2D eigenvalue weighted by atomic mass is 16.2. The first-order valence-electron chi connectivity index (χ1n) is 8.10. The van der Waals surface area contributed by atoms with Crippen LogP contribution in [-0.4, -0.2) is 26.5 Å². The van der Waals surface area contributed by atoms with Crippen molar-refractivity contribution in [2.45, 2.75) is 26.4 Å². The van der Waals surface area contributed by atoms with Crippen LogP contribution in [0.5, 0.6) is 0 Å². The molecule has 0 bridgehead atoms. The summed E-state index contributed by atoms with van der Waals surface area (Å²) in [6.07, 6.45) is 5.20. The molecule has 0 saturated heterocycles. The largest absolute Gasteiger partial charge is 0.348 e. The van der Waals surface area contributed by atoms with Gasteiger partial charge in [-0.15, -0.1) is 0 Å². The number of imidazole rings is 1. The van der Waals surface area contributed by atoms with Crippen molar-refractivity contribution in [3.05, 3.63) is 76.6 Å². The summed E-state index contributed by atoms with van der Waals surface area (Å²) < 4.78 is 1.87. The number of nitrogens with zero attached hydrogens (tertiary/aromatic N) is 2. The lowest BCUT2D eigenvalue weighted by Gasteiger charge is -2.14. The van der Waals surface area contributed by atoms with Crippen LogP contribution in [0.25, 0.3) is 11.3 Å². The molecule has 0 aliphatic carbocycles. The molecule has 25 heavy (non-hydrogen) atoms. The van der Waals surface area contributed by atoms with Crippen molar-refractivity contribution in [2.24, 2.45) is 0 Å². The second-order valence-electron chi connectivity index (χ2n) is 6.12. The zero-order valence-corrected chi connectivity index (χ0v) is 14.2. The van der Waals surface area contributed by atoms with Gasteiger partial charge in [0.2, 0.25) is 0 Å². The Labute approximate surface area is 145 Å². The third-order valence-corrected chi connectivity index (χ3v) is 3.90. The van der Waals surface area contributed by atoms with Crippen molar-refractivity contribution < 1.29 is 4.79 Å². The Balaban J connectivity index is 1.74. The first-order valence-corrected chi connectivity index (χ1v) is 8.10. The number of aromatic nitrogens is 3. The van der Waals surface area contributed by atoms with E-state index in [1.807, 2.05) is 48.9 Å². The molecule has 0 aliphatic rings. The predicted octanol–water partition coefficient (Wildman–Crippen LogP) is 2.37. The third kappa shape index (κ3) is 4.03. The van der Waals surface area contributed by atoms with Crippen LogP contribution < -0.4 is 10.9 Å². The predicted molar refractivity (Wildman–Crippen MR) is 96.4 cm³/mol. The summed E-state index contributed by atoms with van der Waals surface area (Å²) in [4.78, 5) is 31.4. The van der Waals surface area contributed by atoms with E-state index in [4.69, 9.17) is 0 Å². The molecular weight excluding hydrogens is 316 g/mol. The topological polar surface area (TPSA) is 79.8 Å². The smallest absolute Gasteiger partial charge is 0.261 e. The fourth-order valence-corrected chi connectivity index (χ4v) is 2.69. The van der Waals surface area contributed by atoms with Gasteiger partial charge in [-0.25, -0.2) is 4.98 Å². The molecule has 6 heteroatoms. The van der Waals surface area contributed by atoms with Gasteiger partial charge in [0, 0.05) is 30.7 Å². The molecule has 0 aliphatic heterocycles.